The summed E-state index contributed by atoms with van der Waals surface area (Å²) in [6.45, 7) is 7.08. The fraction of sp³-hybridized carbons (Fsp3) is 0.435. The number of nitrogens with zero attached hydrogens (tertiary/aromatic N) is 1. The standard InChI is InChI=1S/C23H29ClN2O3S/c1-4-21(18-9-8-16(2)17(3)14-18)25-23(27)19-10-11-20(24)22(15-19)30(28,29)26-12-6-5-7-13-26/h8-11,14-15,21H,4-7,12-13H2,1-3H3,(H,25,27)/t21-/m0/s1. The van der Waals surface area contributed by atoms with E-state index in [0.29, 0.717) is 13.1 Å². The van der Waals surface area contributed by atoms with Gasteiger partial charge in [0.1, 0.15) is 4.90 Å². The normalized spacial score (nSPS) is 16.3. The summed E-state index contributed by atoms with van der Waals surface area (Å²) in [6, 6.07) is 10.4. The van der Waals surface area contributed by atoms with Gasteiger partial charge in [0.2, 0.25) is 10.0 Å². The van der Waals surface area contributed by atoms with E-state index < -0.39 is 10.0 Å². The SMILES string of the molecule is CC[C@H](NC(=O)c1ccc(Cl)c(S(=O)(=O)N2CCCCC2)c1)c1ccc(C)c(C)c1. The van der Waals surface area contributed by atoms with Crippen LogP contribution in [0.2, 0.25) is 5.02 Å². The van der Waals surface area contributed by atoms with Crippen LogP contribution in [0.5, 0.6) is 0 Å². The lowest BCUT2D eigenvalue weighted by Gasteiger charge is -2.26. The second kappa shape index (κ2) is 9.50. The van der Waals surface area contributed by atoms with Crippen molar-refractivity contribution in [3.63, 3.8) is 0 Å². The molecule has 1 aliphatic heterocycles. The van der Waals surface area contributed by atoms with Crippen LogP contribution in [0.3, 0.4) is 0 Å². The van der Waals surface area contributed by atoms with Crippen LogP contribution >= 0.6 is 11.6 Å². The van der Waals surface area contributed by atoms with Gasteiger partial charge in [0.05, 0.1) is 11.1 Å². The first-order valence-corrected chi connectivity index (χ1v) is 12.2. The Kier molecular flexibility index (Phi) is 7.22. The van der Waals surface area contributed by atoms with Gasteiger partial charge in [0, 0.05) is 18.7 Å². The topological polar surface area (TPSA) is 66.5 Å². The van der Waals surface area contributed by atoms with E-state index >= 15 is 0 Å². The molecule has 7 heteroatoms. The van der Waals surface area contributed by atoms with Gasteiger partial charge in [-0.15, -0.1) is 0 Å². The van der Waals surface area contributed by atoms with Crippen molar-refractivity contribution in [2.75, 3.05) is 13.1 Å². The van der Waals surface area contributed by atoms with E-state index in [1.807, 2.05) is 26.0 Å². The molecule has 162 valence electrons. The highest BCUT2D eigenvalue weighted by Crippen LogP contribution is 2.28. The Bertz CT molecular complexity index is 1030. The molecule has 0 radical (unpaired) electrons. The highest BCUT2D eigenvalue weighted by Gasteiger charge is 2.29. The first kappa shape index (κ1) is 22.8. The fourth-order valence-electron chi connectivity index (χ4n) is 3.73. The smallest absolute Gasteiger partial charge is 0.251 e. The lowest BCUT2D eigenvalue weighted by molar-refractivity contribution is 0.0935. The molecule has 3 rings (SSSR count). The summed E-state index contributed by atoms with van der Waals surface area (Å²) in [5.41, 5.74) is 3.69. The monoisotopic (exact) mass is 448 g/mol. The van der Waals surface area contributed by atoms with E-state index in [9.17, 15) is 13.2 Å². The van der Waals surface area contributed by atoms with Crippen LogP contribution < -0.4 is 5.32 Å². The number of hydrogen-bond donors (Lipinski definition) is 1. The third-order valence-electron chi connectivity index (χ3n) is 5.77. The Morgan fingerprint density at radius 2 is 1.77 bits per heavy atom. The van der Waals surface area contributed by atoms with Crippen molar-refractivity contribution in [3.8, 4) is 0 Å². The molecule has 0 bridgehead atoms. The van der Waals surface area contributed by atoms with Gasteiger partial charge in [-0.2, -0.15) is 4.31 Å². The van der Waals surface area contributed by atoms with Gasteiger partial charge in [-0.05, 0) is 68.0 Å². The minimum atomic E-state index is -3.72. The van der Waals surface area contributed by atoms with Crippen LogP contribution in [0.1, 0.15) is 65.7 Å². The molecule has 1 N–H and O–H groups in total. The molecule has 1 amide bonds. The number of amides is 1. The Hall–Kier alpha value is -1.89. The van der Waals surface area contributed by atoms with Crippen LogP contribution in [-0.2, 0) is 10.0 Å². The van der Waals surface area contributed by atoms with Gasteiger partial charge in [0.25, 0.3) is 5.91 Å². The largest absolute Gasteiger partial charge is 0.345 e. The Morgan fingerprint density at radius 3 is 2.40 bits per heavy atom. The van der Waals surface area contributed by atoms with Gasteiger partial charge < -0.3 is 5.32 Å². The van der Waals surface area contributed by atoms with Gasteiger partial charge in [-0.1, -0.05) is 43.1 Å². The maximum absolute atomic E-state index is 13.1. The Balaban J connectivity index is 1.85. The first-order valence-electron chi connectivity index (χ1n) is 10.4. The summed E-state index contributed by atoms with van der Waals surface area (Å²) >= 11 is 6.23. The third kappa shape index (κ3) is 4.88. The Labute approximate surface area is 184 Å². The average molecular weight is 449 g/mol. The second-order valence-electron chi connectivity index (χ2n) is 7.89. The molecule has 0 spiro atoms. The van der Waals surface area contributed by atoms with Crippen molar-refractivity contribution in [2.24, 2.45) is 0 Å². The van der Waals surface area contributed by atoms with E-state index in [2.05, 4.69) is 18.3 Å². The highest BCUT2D eigenvalue weighted by molar-refractivity contribution is 7.89. The van der Waals surface area contributed by atoms with Gasteiger partial charge in [-0.3, -0.25) is 4.79 Å². The summed E-state index contributed by atoms with van der Waals surface area (Å²) in [5, 5.41) is 3.17. The minimum Gasteiger partial charge on any atom is -0.345 e. The lowest BCUT2D eigenvalue weighted by Crippen LogP contribution is -2.36. The summed E-state index contributed by atoms with van der Waals surface area (Å²) in [7, 11) is -3.72. The zero-order valence-corrected chi connectivity index (χ0v) is 19.3. The number of halogens is 1. The minimum absolute atomic E-state index is 0.00190. The van der Waals surface area contributed by atoms with E-state index in [4.69, 9.17) is 11.6 Å². The number of nitrogens with one attached hydrogen (secondary N) is 1. The molecule has 1 heterocycles. The third-order valence-corrected chi connectivity index (χ3v) is 8.15. The molecule has 0 saturated carbocycles. The highest BCUT2D eigenvalue weighted by atomic mass is 35.5. The number of rotatable bonds is 6. The Morgan fingerprint density at radius 1 is 1.07 bits per heavy atom. The van der Waals surface area contributed by atoms with Crippen molar-refractivity contribution >= 4 is 27.5 Å². The lowest BCUT2D eigenvalue weighted by atomic mass is 9.99. The number of aryl methyl sites for hydroxylation is 2. The summed E-state index contributed by atoms with van der Waals surface area (Å²) < 4.78 is 27.6. The van der Waals surface area contributed by atoms with E-state index in [-0.39, 0.29) is 27.4 Å². The molecule has 2 aromatic carbocycles. The average Bonchev–Trinajstić information content (AvgIpc) is 2.74. The molecule has 0 unspecified atom stereocenters. The first-order chi connectivity index (χ1) is 14.2. The number of sulfonamides is 1. The van der Waals surface area contributed by atoms with Crippen molar-refractivity contribution in [2.45, 2.75) is 57.4 Å². The van der Waals surface area contributed by atoms with E-state index in [1.54, 1.807) is 6.07 Å². The maximum Gasteiger partial charge on any atom is 0.251 e. The molecule has 1 saturated heterocycles. The van der Waals surface area contributed by atoms with Crippen LogP contribution in [0.15, 0.2) is 41.3 Å². The number of carbonyl (C=O) groups excluding carboxylic acids is 1. The van der Waals surface area contributed by atoms with Gasteiger partial charge in [0.15, 0.2) is 0 Å². The second-order valence-corrected chi connectivity index (χ2v) is 10.2. The maximum atomic E-state index is 13.1. The molecular formula is C23H29ClN2O3S. The van der Waals surface area contributed by atoms with Gasteiger partial charge >= 0.3 is 0 Å². The number of piperidine rings is 1. The summed E-state index contributed by atoms with van der Waals surface area (Å²) in [6.07, 6.45) is 3.43. The van der Waals surface area contributed by atoms with Crippen molar-refractivity contribution < 1.29 is 13.2 Å². The molecule has 1 atom stereocenters. The summed E-state index contributed by atoms with van der Waals surface area (Å²) in [5.74, 6) is -0.313. The van der Waals surface area contributed by atoms with E-state index in [0.717, 1.165) is 31.2 Å². The van der Waals surface area contributed by atoms with Crippen LogP contribution in [0, 0.1) is 13.8 Å². The van der Waals surface area contributed by atoms with Crippen LogP contribution in [0.25, 0.3) is 0 Å². The number of benzene rings is 2. The van der Waals surface area contributed by atoms with E-state index in [1.165, 1.54) is 27.6 Å². The molecule has 2 aromatic rings. The molecule has 5 nitrogen and oxygen atoms in total. The van der Waals surface area contributed by atoms with Crippen molar-refractivity contribution in [1.29, 1.82) is 0 Å². The molecule has 0 aromatic heterocycles. The zero-order chi connectivity index (χ0) is 21.9. The molecule has 1 fully saturated rings. The van der Waals surface area contributed by atoms with Gasteiger partial charge in [-0.25, -0.2) is 8.42 Å². The number of hydrogen-bond acceptors (Lipinski definition) is 3. The summed E-state index contributed by atoms with van der Waals surface area (Å²) in [4.78, 5) is 12.9. The molecular weight excluding hydrogens is 420 g/mol. The quantitative estimate of drug-likeness (QED) is 0.675. The zero-order valence-electron chi connectivity index (χ0n) is 17.7. The molecule has 0 aliphatic carbocycles. The predicted molar refractivity (Wildman–Crippen MR) is 120 cm³/mol. The van der Waals surface area contributed by atoms with Crippen molar-refractivity contribution in [1.82, 2.24) is 9.62 Å². The molecule has 1 aliphatic rings. The van der Waals surface area contributed by atoms with Crippen molar-refractivity contribution in [3.05, 3.63) is 63.7 Å². The van der Waals surface area contributed by atoms with Crippen LogP contribution in [0.4, 0.5) is 0 Å². The fourth-order valence-corrected chi connectivity index (χ4v) is 5.75. The predicted octanol–water partition coefficient (Wildman–Crippen LogP) is 5.01. The number of carbonyl (C=O) groups is 1. The molecule has 30 heavy (non-hydrogen) atoms. The van der Waals surface area contributed by atoms with Crippen LogP contribution in [-0.4, -0.2) is 31.7 Å².